The van der Waals surface area contributed by atoms with Gasteiger partial charge in [-0.25, -0.2) is 0 Å². The van der Waals surface area contributed by atoms with Crippen LogP contribution in [-0.4, -0.2) is 28.0 Å². The lowest BCUT2D eigenvalue weighted by Crippen LogP contribution is -2.36. The van der Waals surface area contributed by atoms with Crippen molar-refractivity contribution in [3.8, 4) is 0 Å². The van der Waals surface area contributed by atoms with Gasteiger partial charge in [-0.15, -0.1) is 0 Å². The Kier molecular flexibility index (Phi) is 5.34. The highest BCUT2D eigenvalue weighted by Crippen LogP contribution is 2.20. The number of pyridine rings is 1. The number of rotatable bonds is 4. The molecule has 5 heteroatoms. The molecule has 0 saturated carbocycles. The minimum atomic E-state index is -0.268. The third kappa shape index (κ3) is 4.37. The summed E-state index contributed by atoms with van der Waals surface area (Å²) in [7, 11) is 1.66. The smallest absolute Gasteiger partial charge is 0.255 e. The fourth-order valence-electron chi connectivity index (χ4n) is 3.21. The molecule has 132 valence electrons. The molecule has 1 atom stereocenters. The van der Waals surface area contributed by atoms with Crippen molar-refractivity contribution in [2.45, 2.75) is 38.8 Å². The Morgan fingerprint density at radius 1 is 1.20 bits per heavy atom. The summed E-state index contributed by atoms with van der Waals surface area (Å²) in [6.45, 7) is 4.39. The van der Waals surface area contributed by atoms with Gasteiger partial charge in [-0.3, -0.25) is 14.5 Å². The minimum Gasteiger partial charge on any atom is -0.322 e. The molecule has 1 aromatic carbocycles. The predicted molar refractivity (Wildman–Crippen MR) is 99.8 cm³/mol. The van der Waals surface area contributed by atoms with Gasteiger partial charge in [-0.1, -0.05) is 18.6 Å². The number of aryl methyl sites for hydroxylation is 1. The number of benzene rings is 1. The van der Waals surface area contributed by atoms with Gasteiger partial charge in [0.05, 0.1) is 0 Å². The lowest BCUT2D eigenvalue weighted by Gasteiger charge is -2.33. The number of hydrogen-bond donors (Lipinski definition) is 1. The lowest BCUT2D eigenvalue weighted by atomic mass is 10.0. The Balaban J connectivity index is 1.63. The highest BCUT2D eigenvalue weighted by Gasteiger charge is 2.18. The molecule has 1 aliphatic heterocycles. The van der Waals surface area contributed by atoms with E-state index in [1.807, 2.05) is 12.1 Å². The largest absolute Gasteiger partial charge is 0.322 e. The number of nitrogens with zero attached hydrogens (tertiary/aromatic N) is 2. The number of carbonyl (C=O) groups is 1. The van der Waals surface area contributed by atoms with Crippen molar-refractivity contribution in [3.63, 3.8) is 0 Å². The molecule has 0 spiro atoms. The minimum absolute atomic E-state index is 0.196. The van der Waals surface area contributed by atoms with Crippen LogP contribution in [0.2, 0.25) is 0 Å². The van der Waals surface area contributed by atoms with Crippen LogP contribution >= 0.6 is 0 Å². The summed E-state index contributed by atoms with van der Waals surface area (Å²) in [6.07, 6.45) is 5.46. The van der Waals surface area contributed by atoms with E-state index in [0.29, 0.717) is 11.6 Å². The van der Waals surface area contributed by atoms with Gasteiger partial charge in [-0.05, 0) is 50.1 Å². The summed E-state index contributed by atoms with van der Waals surface area (Å²) in [5.74, 6) is -0.268. The summed E-state index contributed by atoms with van der Waals surface area (Å²) in [4.78, 5) is 26.4. The highest BCUT2D eigenvalue weighted by molar-refractivity contribution is 6.04. The van der Waals surface area contributed by atoms with E-state index in [-0.39, 0.29) is 11.5 Å². The molecule has 0 bridgehead atoms. The first-order chi connectivity index (χ1) is 12.0. The van der Waals surface area contributed by atoms with Crippen LogP contribution in [0.25, 0.3) is 0 Å². The first kappa shape index (κ1) is 17.4. The van der Waals surface area contributed by atoms with Gasteiger partial charge in [0.2, 0.25) is 0 Å². The standard InChI is InChI=1S/C20H25N3O2/c1-15-5-3-4-11-23(15)14-16-6-8-18(9-7-16)21-20(25)17-10-12-22(2)19(24)13-17/h6-10,12-13,15H,3-5,11,14H2,1-2H3,(H,21,25)/t15-/m0/s1. The number of likely N-dealkylation sites (tertiary alicyclic amines) is 1. The average Bonchev–Trinajstić information content (AvgIpc) is 2.61. The zero-order valence-corrected chi connectivity index (χ0v) is 14.9. The van der Waals surface area contributed by atoms with Crippen LogP contribution in [0, 0.1) is 0 Å². The molecule has 1 amide bonds. The topological polar surface area (TPSA) is 54.3 Å². The molecule has 2 heterocycles. The molecule has 1 N–H and O–H groups in total. The molecule has 1 saturated heterocycles. The zero-order valence-electron chi connectivity index (χ0n) is 14.9. The van der Waals surface area contributed by atoms with E-state index < -0.39 is 0 Å². The van der Waals surface area contributed by atoms with E-state index >= 15 is 0 Å². The van der Waals surface area contributed by atoms with Gasteiger partial charge >= 0.3 is 0 Å². The molecular formula is C20H25N3O2. The van der Waals surface area contributed by atoms with E-state index in [9.17, 15) is 9.59 Å². The maximum atomic E-state index is 12.3. The van der Waals surface area contributed by atoms with Gasteiger partial charge in [0.15, 0.2) is 0 Å². The maximum Gasteiger partial charge on any atom is 0.255 e. The van der Waals surface area contributed by atoms with Crippen LogP contribution < -0.4 is 10.9 Å². The first-order valence-electron chi connectivity index (χ1n) is 8.84. The Morgan fingerprint density at radius 3 is 2.64 bits per heavy atom. The summed E-state index contributed by atoms with van der Waals surface area (Å²) < 4.78 is 1.44. The predicted octanol–water partition coefficient (Wildman–Crippen LogP) is 3.01. The fourth-order valence-corrected chi connectivity index (χ4v) is 3.21. The van der Waals surface area contributed by atoms with Gasteiger partial charge in [0.25, 0.3) is 11.5 Å². The fraction of sp³-hybridized carbons (Fsp3) is 0.400. The Hall–Kier alpha value is -2.40. The maximum absolute atomic E-state index is 12.3. The number of piperidine rings is 1. The van der Waals surface area contributed by atoms with Gasteiger partial charge in [0.1, 0.15) is 0 Å². The van der Waals surface area contributed by atoms with E-state index in [2.05, 4.69) is 29.3 Å². The van der Waals surface area contributed by atoms with E-state index in [4.69, 9.17) is 0 Å². The number of hydrogen-bond acceptors (Lipinski definition) is 3. The summed E-state index contributed by atoms with van der Waals surface area (Å²) in [5, 5.41) is 2.84. The molecule has 1 aromatic heterocycles. The van der Waals surface area contributed by atoms with E-state index in [1.165, 1.54) is 35.5 Å². The Bertz CT molecular complexity index is 795. The van der Waals surface area contributed by atoms with Crippen LogP contribution in [0.4, 0.5) is 5.69 Å². The van der Waals surface area contributed by atoms with Crippen molar-refractivity contribution in [1.82, 2.24) is 9.47 Å². The van der Waals surface area contributed by atoms with Crippen LogP contribution in [0.15, 0.2) is 47.4 Å². The van der Waals surface area contributed by atoms with Crippen molar-refractivity contribution in [3.05, 3.63) is 64.1 Å². The number of aromatic nitrogens is 1. The molecule has 0 radical (unpaired) electrons. The van der Waals surface area contributed by atoms with Crippen LogP contribution in [0.1, 0.15) is 42.1 Å². The number of amides is 1. The second-order valence-corrected chi connectivity index (χ2v) is 6.83. The van der Waals surface area contributed by atoms with Crippen molar-refractivity contribution >= 4 is 11.6 Å². The van der Waals surface area contributed by atoms with E-state index in [0.717, 1.165) is 18.8 Å². The van der Waals surface area contributed by atoms with Crippen molar-refractivity contribution < 1.29 is 4.79 Å². The van der Waals surface area contributed by atoms with Crippen molar-refractivity contribution in [1.29, 1.82) is 0 Å². The molecule has 2 aromatic rings. The highest BCUT2D eigenvalue weighted by atomic mass is 16.2. The van der Waals surface area contributed by atoms with Gasteiger partial charge in [0, 0.05) is 43.1 Å². The van der Waals surface area contributed by atoms with Gasteiger partial charge < -0.3 is 9.88 Å². The molecule has 1 aliphatic rings. The number of carbonyl (C=O) groups excluding carboxylic acids is 1. The molecular weight excluding hydrogens is 314 g/mol. The van der Waals surface area contributed by atoms with E-state index in [1.54, 1.807) is 19.3 Å². The second kappa shape index (κ2) is 7.66. The van der Waals surface area contributed by atoms with Crippen molar-refractivity contribution in [2.75, 3.05) is 11.9 Å². The molecule has 25 heavy (non-hydrogen) atoms. The molecule has 5 nitrogen and oxygen atoms in total. The average molecular weight is 339 g/mol. The molecule has 0 aliphatic carbocycles. The lowest BCUT2D eigenvalue weighted by molar-refractivity contribution is 0.102. The zero-order chi connectivity index (χ0) is 17.8. The quantitative estimate of drug-likeness (QED) is 0.932. The summed E-state index contributed by atoms with van der Waals surface area (Å²) >= 11 is 0. The van der Waals surface area contributed by atoms with Crippen molar-refractivity contribution in [2.24, 2.45) is 7.05 Å². The van der Waals surface area contributed by atoms with Gasteiger partial charge in [-0.2, -0.15) is 0 Å². The Morgan fingerprint density at radius 2 is 1.96 bits per heavy atom. The summed E-state index contributed by atoms with van der Waals surface area (Å²) in [5.41, 5.74) is 2.16. The molecule has 3 rings (SSSR count). The monoisotopic (exact) mass is 339 g/mol. The molecule has 0 unspecified atom stereocenters. The number of nitrogens with one attached hydrogen (secondary N) is 1. The van der Waals surface area contributed by atoms with Crippen LogP contribution in [0.3, 0.4) is 0 Å². The second-order valence-electron chi connectivity index (χ2n) is 6.83. The third-order valence-electron chi connectivity index (χ3n) is 4.90. The summed E-state index contributed by atoms with van der Waals surface area (Å²) in [6, 6.07) is 11.6. The van der Waals surface area contributed by atoms with Crippen LogP contribution in [-0.2, 0) is 13.6 Å². The SMILES string of the molecule is C[C@H]1CCCCN1Cc1ccc(NC(=O)c2ccn(C)c(=O)c2)cc1. The Labute approximate surface area is 148 Å². The normalized spacial score (nSPS) is 18.1. The third-order valence-corrected chi connectivity index (χ3v) is 4.90. The number of anilines is 1. The first-order valence-corrected chi connectivity index (χ1v) is 8.84. The van der Waals surface area contributed by atoms with Crippen LogP contribution in [0.5, 0.6) is 0 Å². The molecule has 1 fully saturated rings.